The largest absolute Gasteiger partial charge is 0.508 e. The number of carbonyl (C=O) groups is 2. The summed E-state index contributed by atoms with van der Waals surface area (Å²) in [7, 11) is 1.50. The van der Waals surface area contributed by atoms with Crippen molar-refractivity contribution in [3.8, 4) is 5.75 Å². The van der Waals surface area contributed by atoms with E-state index in [0.717, 1.165) is 6.21 Å². The Kier molecular flexibility index (Phi) is 5.16. The van der Waals surface area contributed by atoms with Crippen LogP contribution in [0.1, 0.15) is 15.9 Å². The van der Waals surface area contributed by atoms with Crippen molar-refractivity contribution in [1.29, 1.82) is 5.41 Å². The lowest BCUT2D eigenvalue weighted by Gasteiger charge is -2.16. The maximum Gasteiger partial charge on any atom is 0.254 e. The number of nitrogens with zero attached hydrogens (tertiary/aromatic N) is 1. The first-order valence-corrected chi connectivity index (χ1v) is 7.15. The number of phenols is 1. The van der Waals surface area contributed by atoms with Gasteiger partial charge in [0, 0.05) is 35.8 Å². The van der Waals surface area contributed by atoms with E-state index in [2.05, 4.69) is 5.32 Å². The van der Waals surface area contributed by atoms with Gasteiger partial charge < -0.3 is 26.5 Å². The first-order valence-electron chi connectivity index (χ1n) is 7.15. The van der Waals surface area contributed by atoms with Crippen molar-refractivity contribution < 1.29 is 14.7 Å². The van der Waals surface area contributed by atoms with E-state index >= 15 is 0 Å². The highest BCUT2D eigenvalue weighted by molar-refractivity contribution is 5.97. The third kappa shape index (κ3) is 4.10. The number of nitrogens with two attached hydrogens (primary N) is 1. The Morgan fingerprint density at radius 2 is 2.04 bits per heavy atom. The minimum absolute atomic E-state index is 0.0658. The van der Waals surface area contributed by atoms with Crippen LogP contribution in [0, 0.1) is 5.41 Å². The van der Waals surface area contributed by atoms with Gasteiger partial charge >= 0.3 is 0 Å². The third-order valence-electron chi connectivity index (χ3n) is 3.32. The van der Waals surface area contributed by atoms with Gasteiger partial charge in [-0.1, -0.05) is 6.07 Å². The highest BCUT2D eigenvalue weighted by Crippen LogP contribution is 2.24. The summed E-state index contributed by atoms with van der Waals surface area (Å²) in [4.78, 5) is 24.4. The van der Waals surface area contributed by atoms with E-state index < -0.39 is 5.91 Å². The van der Waals surface area contributed by atoms with Crippen LogP contribution in [0.2, 0.25) is 0 Å². The van der Waals surface area contributed by atoms with E-state index in [9.17, 15) is 14.7 Å². The topological polar surface area (TPSA) is 120 Å². The molecule has 0 aromatic heterocycles. The van der Waals surface area contributed by atoms with E-state index in [1.54, 1.807) is 30.3 Å². The number of nitrogens with one attached hydrogen (secondary N) is 2. The molecule has 0 aliphatic heterocycles. The Labute approximate surface area is 139 Å². The Morgan fingerprint density at radius 1 is 1.29 bits per heavy atom. The maximum absolute atomic E-state index is 12.3. The molecule has 124 valence electrons. The molecule has 0 unspecified atom stereocenters. The van der Waals surface area contributed by atoms with Crippen LogP contribution in [0.4, 0.5) is 11.4 Å². The molecule has 2 rings (SSSR count). The molecular formula is C17H18N4O3. The van der Waals surface area contributed by atoms with Gasteiger partial charge in [0.15, 0.2) is 0 Å². The van der Waals surface area contributed by atoms with Crippen LogP contribution in [0.5, 0.6) is 5.75 Å². The van der Waals surface area contributed by atoms with Gasteiger partial charge in [0.25, 0.3) is 5.91 Å². The Bertz CT molecular complexity index is 789. The van der Waals surface area contributed by atoms with E-state index in [1.807, 2.05) is 0 Å². The second-order valence-electron chi connectivity index (χ2n) is 5.25. The van der Waals surface area contributed by atoms with Gasteiger partial charge in [0.05, 0.1) is 6.54 Å². The van der Waals surface area contributed by atoms with Crippen LogP contribution in [0.3, 0.4) is 0 Å². The molecule has 7 heteroatoms. The molecule has 2 amide bonds. The quantitative estimate of drug-likeness (QED) is 0.477. The fourth-order valence-corrected chi connectivity index (χ4v) is 2.19. The SMILES string of the molecule is CN(CC(N)=O)C(=O)c1cccc(Nc2ccc(O)cc2C=N)c1. The Balaban J connectivity index is 2.23. The second-order valence-corrected chi connectivity index (χ2v) is 5.25. The molecule has 0 bridgehead atoms. The predicted molar refractivity (Wildman–Crippen MR) is 91.9 cm³/mol. The number of amides is 2. The van der Waals surface area contributed by atoms with E-state index in [4.69, 9.17) is 11.1 Å². The van der Waals surface area contributed by atoms with Crippen LogP contribution in [0.15, 0.2) is 42.5 Å². The number of carbonyl (C=O) groups excluding carboxylic acids is 2. The molecule has 2 aromatic rings. The molecule has 0 atom stereocenters. The van der Waals surface area contributed by atoms with Crippen molar-refractivity contribution in [3.05, 3.63) is 53.6 Å². The van der Waals surface area contributed by atoms with Crippen molar-refractivity contribution >= 4 is 29.4 Å². The highest BCUT2D eigenvalue weighted by atomic mass is 16.3. The molecule has 0 spiro atoms. The molecule has 0 aliphatic rings. The van der Waals surface area contributed by atoms with E-state index in [-0.39, 0.29) is 18.2 Å². The number of primary amides is 1. The van der Waals surface area contributed by atoms with E-state index in [0.29, 0.717) is 22.5 Å². The number of anilines is 2. The van der Waals surface area contributed by atoms with Crippen molar-refractivity contribution in [3.63, 3.8) is 0 Å². The monoisotopic (exact) mass is 326 g/mol. The number of benzene rings is 2. The summed E-state index contributed by atoms with van der Waals surface area (Å²) in [6, 6.07) is 11.4. The van der Waals surface area contributed by atoms with Crippen LogP contribution < -0.4 is 11.1 Å². The summed E-state index contributed by atoms with van der Waals surface area (Å²) in [5.74, 6) is -0.841. The normalized spacial score (nSPS) is 10.0. The van der Waals surface area contributed by atoms with Crippen LogP contribution in [-0.2, 0) is 4.79 Å². The summed E-state index contributed by atoms with van der Waals surface area (Å²) in [5.41, 5.74) is 7.28. The fraction of sp³-hybridized carbons (Fsp3) is 0.118. The number of phenolic OH excluding ortho intramolecular Hbond substituents is 1. The number of aromatic hydroxyl groups is 1. The molecule has 0 radical (unpaired) electrons. The average Bonchev–Trinajstić information content (AvgIpc) is 2.55. The van der Waals surface area contributed by atoms with Gasteiger partial charge in [0.1, 0.15) is 5.75 Å². The first kappa shape index (κ1) is 17.0. The molecule has 24 heavy (non-hydrogen) atoms. The third-order valence-corrected chi connectivity index (χ3v) is 3.32. The summed E-state index contributed by atoms with van der Waals surface area (Å²) in [6.07, 6.45) is 1.12. The maximum atomic E-state index is 12.3. The number of likely N-dealkylation sites (N-methyl/N-ethyl adjacent to an activating group) is 1. The minimum Gasteiger partial charge on any atom is -0.508 e. The first-order chi connectivity index (χ1) is 11.4. The van der Waals surface area contributed by atoms with Crippen LogP contribution >= 0.6 is 0 Å². The van der Waals surface area contributed by atoms with Gasteiger partial charge in [0.2, 0.25) is 5.91 Å². The standard InChI is InChI=1S/C17H18N4O3/c1-21(10-16(19)23)17(24)11-3-2-4-13(7-11)20-15-6-5-14(22)8-12(15)9-18/h2-9,18,20,22H,10H2,1H3,(H2,19,23). The summed E-state index contributed by atoms with van der Waals surface area (Å²) >= 11 is 0. The zero-order chi connectivity index (χ0) is 17.7. The fourth-order valence-electron chi connectivity index (χ4n) is 2.19. The molecule has 0 fully saturated rings. The Hall–Kier alpha value is -3.35. The van der Waals surface area contributed by atoms with Crippen molar-refractivity contribution in [2.45, 2.75) is 0 Å². The lowest BCUT2D eigenvalue weighted by Crippen LogP contribution is -2.35. The zero-order valence-corrected chi connectivity index (χ0v) is 13.1. The lowest BCUT2D eigenvalue weighted by molar-refractivity contribution is -0.118. The molecule has 0 aliphatic carbocycles. The number of hydrogen-bond acceptors (Lipinski definition) is 5. The molecule has 0 saturated carbocycles. The van der Waals surface area contributed by atoms with Crippen LogP contribution in [-0.4, -0.2) is 41.6 Å². The predicted octanol–water partition coefficient (Wildman–Crippen LogP) is 1.69. The molecular weight excluding hydrogens is 308 g/mol. The molecule has 7 nitrogen and oxygen atoms in total. The zero-order valence-electron chi connectivity index (χ0n) is 13.1. The number of hydrogen-bond donors (Lipinski definition) is 4. The van der Waals surface area contributed by atoms with Crippen molar-refractivity contribution in [2.24, 2.45) is 5.73 Å². The van der Waals surface area contributed by atoms with Gasteiger partial charge in [-0.25, -0.2) is 0 Å². The van der Waals surface area contributed by atoms with Crippen molar-refractivity contribution in [2.75, 3.05) is 18.9 Å². The summed E-state index contributed by atoms with van der Waals surface area (Å²) < 4.78 is 0. The minimum atomic E-state index is -0.583. The average molecular weight is 326 g/mol. The smallest absolute Gasteiger partial charge is 0.254 e. The molecule has 0 heterocycles. The van der Waals surface area contributed by atoms with Crippen LogP contribution in [0.25, 0.3) is 0 Å². The Morgan fingerprint density at radius 3 is 2.71 bits per heavy atom. The molecule has 0 saturated heterocycles. The number of rotatable bonds is 6. The van der Waals surface area contributed by atoms with Gasteiger partial charge in [-0.05, 0) is 36.4 Å². The van der Waals surface area contributed by atoms with Gasteiger partial charge in [-0.3, -0.25) is 9.59 Å². The summed E-state index contributed by atoms with van der Waals surface area (Å²) in [5, 5.41) is 20.0. The molecule has 2 aromatic carbocycles. The molecule has 5 N–H and O–H groups in total. The highest BCUT2D eigenvalue weighted by Gasteiger charge is 2.14. The summed E-state index contributed by atoms with van der Waals surface area (Å²) in [6.45, 7) is -0.160. The van der Waals surface area contributed by atoms with Crippen molar-refractivity contribution in [1.82, 2.24) is 4.90 Å². The van der Waals surface area contributed by atoms with Gasteiger partial charge in [-0.2, -0.15) is 0 Å². The van der Waals surface area contributed by atoms with E-state index in [1.165, 1.54) is 24.1 Å². The second kappa shape index (κ2) is 7.28. The lowest BCUT2D eigenvalue weighted by atomic mass is 10.1. The van der Waals surface area contributed by atoms with Gasteiger partial charge in [-0.15, -0.1) is 0 Å².